The number of ether oxygens (including phenoxy) is 1. The molecule has 1 aliphatic rings. The third-order valence-electron chi connectivity index (χ3n) is 6.33. The third kappa shape index (κ3) is 4.99. The van der Waals surface area contributed by atoms with E-state index in [1.807, 2.05) is 80.3 Å². The fraction of sp³-hybridized carbons (Fsp3) is 0.462. The lowest BCUT2D eigenvalue weighted by molar-refractivity contribution is -0.179. The van der Waals surface area contributed by atoms with Crippen LogP contribution in [0, 0.1) is 5.92 Å². The summed E-state index contributed by atoms with van der Waals surface area (Å²) in [5.74, 6) is -0.547. The molecule has 31 heavy (non-hydrogen) atoms. The number of Topliss-reactive ketones (excluding diaryl/α,β-unsaturated/α-hetero) is 1. The lowest BCUT2D eigenvalue weighted by Crippen LogP contribution is -2.59. The minimum atomic E-state index is -0.904. The largest absolute Gasteiger partial charge is 0.456 e. The molecule has 2 aromatic rings. The number of aliphatic hydroxyl groups is 1. The molecule has 0 spiro atoms. The number of carbonyl (C=O) groups is 2. The van der Waals surface area contributed by atoms with Crippen molar-refractivity contribution in [2.24, 2.45) is 5.92 Å². The zero-order valence-corrected chi connectivity index (χ0v) is 18.7. The summed E-state index contributed by atoms with van der Waals surface area (Å²) >= 11 is 0. The van der Waals surface area contributed by atoms with E-state index in [0.717, 1.165) is 23.2 Å². The third-order valence-corrected chi connectivity index (χ3v) is 6.33. The molecule has 1 aliphatic heterocycles. The quantitative estimate of drug-likeness (QED) is 0.481. The highest BCUT2D eigenvalue weighted by Gasteiger charge is 2.50. The van der Waals surface area contributed by atoms with Gasteiger partial charge in [-0.25, -0.2) is 4.79 Å². The molecule has 2 unspecified atom stereocenters. The molecule has 2 aromatic carbocycles. The number of nitrogens with zero attached hydrogens (tertiary/aromatic N) is 1. The minimum absolute atomic E-state index is 0.000936. The number of cyclic esters (lactones) is 1. The maximum atomic E-state index is 13.4. The first-order chi connectivity index (χ1) is 14.9. The first-order valence-corrected chi connectivity index (χ1v) is 11.2. The van der Waals surface area contributed by atoms with Crippen molar-refractivity contribution in [3.8, 4) is 0 Å². The van der Waals surface area contributed by atoms with Crippen molar-refractivity contribution in [3.05, 3.63) is 65.7 Å². The summed E-state index contributed by atoms with van der Waals surface area (Å²) in [6.07, 6.45) is 2.21. The zero-order valence-electron chi connectivity index (χ0n) is 18.7. The van der Waals surface area contributed by atoms with Gasteiger partial charge in [0.05, 0.1) is 6.61 Å². The van der Waals surface area contributed by atoms with Crippen molar-refractivity contribution in [1.82, 2.24) is 0 Å². The summed E-state index contributed by atoms with van der Waals surface area (Å²) in [5.41, 5.74) is 1.91. The second-order valence-electron chi connectivity index (χ2n) is 8.64. The van der Waals surface area contributed by atoms with Crippen LogP contribution in [0.3, 0.4) is 0 Å². The summed E-state index contributed by atoms with van der Waals surface area (Å²) in [5, 5.41) is 9.62. The fourth-order valence-corrected chi connectivity index (χ4v) is 4.44. The highest BCUT2D eigenvalue weighted by Crippen LogP contribution is 2.37. The van der Waals surface area contributed by atoms with Gasteiger partial charge in [-0.3, -0.25) is 4.79 Å². The van der Waals surface area contributed by atoms with E-state index in [-0.39, 0.29) is 24.7 Å². The SMILES string of the molecule is CCCN(c1ccccc1)C1C(=O)CC(CCc2ccccc2CO)(C(C)C)OC1=O. The van der Waals surface area contributed by atoms with Crippen molar-refractivity contribution < 1.29 is 19.4 Å². The van der Waals surface area contributed by atoms with Crippen LogP contribution >= 0.6 is 0 Å². The van der Waals surface area contributed by atoms with E-state index in [0.29, 0.717) is 19.4 Å². The number of benzene rings is 2. The van der Waals surface area contributed by atoms with E-state index in [9.17, 15) is 14.7 Å². The van der Waals surface area contributed by atoms with Crippen LogP contribution in [0.25, 0.3) is 0 Å². The molecule has 1 N–H and O–H groups in total. The molecule has 1 heterocycles. The Kier molecular flexibility index (Phi) is 7.50. The molecule has 0 saturated carbocycles. The number of para-hydroxylation sites is 1. The highest BCUT2D eigenvalue weighted by molar-refractivity contribution is 6.08. The Morgan fingerprint density at radius 2 is 1.71 bits per heavy atom. The Balaban J connectivity index is 1.83. The van der Waals surface area contributed by atoms with Crippen molar-refractivity contribution >= 4 is 17.4 Å². The number of aliphatic hydroxyl groups excluding tert-OH is 1. The summed E-state index contributed by atoms with van der Waals surface area (Å²) in [6, 6.07) is 16.4. The first kappa shape index (κ1) is 23.0. The Morgan fingerprint density at radius 3 is 2.29 bits per heavy atom. The topological polar surface area (TPSA) is 66.8 Å². The molecule has 0 radical (unpaired) electrons. The van der Waals surface area contributed by atoms with Crippen LogP contribution in [0.2, 0.25) is 0 Å². The molecule has 166 valence electrons. The predicted octanol–water partition coefficient (Wildman–Crippen LogP) is 4.31. The van der Waals surface area contributed by atoms with Gasteiger partial charge in [-0.15, -0.1) is 0 Å². The molecular formula is C26H33NO4. The summed E-state index contributed by atoms with van der Waals surface area (Å²) in [4.78, 5) is 28.5. The van der Waals surface area contributed by atoms with E-state index in [1.54, 1.807) is 0 Å². The van der Waals surface area contributed by atoms with Gasteiger partial charge in [-0.05, 0) is 48.4 Å². The molecular weight excluding hydrogens is 390 g/mol. The van der Waals surface area contributed by atoms with Crippen molar-refractivity contribution in [2.75, 3.05) is 11.4 Å². The molecule has 1 saturated heterocycles. The van der Waals surface area contributed by atoms with Gasteiger partial charge in [0.1, 0.15) is 5.60 Å². The molecule has 2 atom stereocenters. The fourth-order valence-electron chi connectivity index (χ4n) is 4.44. The number of hydrogen-bond acceptors (Lipinski definition) is 5. The molecule has 3 rings (SSSR count). The Bertz CT molecular complexity index is 875. The normalized spacial score (nSPS) is 21.3. The summed E-state index contributed by atoms with van der Waals surface area (Å²) in [6.45, 7) is 6.61. The number of rotatable bonds is 9. The van der Waals surface area contributed by atoms with Crippen LogP contribution in [0.5, 0.6) is 0 Å². The predicted molar refractivity (Wildman–Crippen MR) is 122 cm³/mol. The monoisotopic (exact) mass is 423 g/mol. The molecule has 0 bridgehead atoms. The molecule has 5 heteroatoms. The Hall–Kier alpha value is -2.66. The average molecular weight is 424 g/mol. The van der Waals surface area contributed by atoms with Gasteiger partial charge in [0.15, 0.2) is 11.8 Å². The van der Waals surface area contributed by atoms with Gasteiger partial charge in [-0.1, -0.05) is 63.2 Å². The Morgan fingerprint density at radius 1 is 1.06 bits per heavy atom. The van der Waals surface area contributed by atoms with Gasteiger partial charge < -0.3 is 14.7 Å². The van der Waals surface area contributed by atoms with Crippen molar-refractivity contribution in [2.45, 2.75) is 64.7 Å². The van der Waals surface area contributed by atoms with Crippen molar-refractivity contribution in [3.63, 3.8) is 0 Å². The van der Waals surface area contributed by atoms with Gasteiger partial charge >= 0.3 is 5.97 Å². The van der Waals surface area contributed by atoms with E-state index in [2.05, 4.69) is 0 Å². The van der Waals surface area contributed by atoms with Gasteiger partial charge in [-0.2, -0.15) is 0 Å². The van der Waals surface area contributed by atoms with E-state index in [4.69, 9.17) is 4.74 Å². The molecule has 0 aliphatic carbocycles. The standard InChI is InChI=1S/C26H33NO4/c1-4-16-27(22-12-6-5-7-13-22)24-23(29)17-26(19(2)3,31-25(24)30)15-14-20-10-8-9-11-21(20)18-28/h5-13,19,24,28H,4,14-18H2,1-3H3. The lowest BCUT2D eigenvalue weighted by Gasteiger charge is -2.44. The summed E-state index contributed by atoms with van der Waals surface area (Å²) < 4.78 is 6.10. The van der Waals surface area contributed by atoms with Crippen LogP contribution in [0.15, 0.2) is 54.6 Å². The molecule has 5 nitrogen and oxygen atoms in total. The van der Waals surface area contributed by atoms with Crippen LogP contribution < -0.4 is 4.90 Å². The minimum Gasteiger partial charge on any atom is -0.456 e. The van der Waals surface area contributed by atoms with E-state index in [1.165, 1.54) is 0 Å². The second kappa shape index (κ2) is 10.1. The van der Waals surface area contributed by atoms with Gasteiger partial charge in [0.25, 0.3) is 0 Å². The number of hydrogen-bond donors (Lipinski definition) is 1. The smallest absolute Gasteiger partial charge is 0.337 e. The second-order valence-corrected chi connectivity index (χ2v) is 8.64. The average Bonchev–Trinajstić information content (AvgIpc) is 2.77. The lowest BCUT2D eigenvalue weighted by atomic mass is 9.77. The number of aryl methyl sites for hydroxylation is 1. The number of carbonyl (C=O) groups excluding carboxylic acids is 2. The molecule has 0 aromatic heterocycles. The van der Waals surface area contributed by atoms with Crippen LogP contribution in [0.1, 0.15) is 51.2 Å². The summed E-state index contributed by atoms with van der Waals surface area (Å²) in [7, 11) is 0. The maximum absolute atomic E-state index is 13.4. The van der Waals surface area contributed by atoms with Crippen molar-refractivity contribution in [1.29, 1.82) is 0 Å². The molecule has 0 amide bonds. The Labute approximate surface area is 185 Å². The number of esters is 1. The van der Waals surface area contributed by atoms with Gasteiger partial charge in [0, 0.05) is 18.7 Å². The number of anilines is 1. The maximum Gasteiger partial charge on any atom is 0.337 e. The van der Waals surface area contributed by atoms with Gasteiger partial charge in [0.2, 0.25) is 0 Å². The van der Waals surface area contributed by atoms with Crippen LogP contribution in [-0.2, 0) is 27.4 Å². The van der Waals surface area contributed by atoms with Crippen LogP contribution in [0.4, 0.5) is 5.69 Å². The zero-order chi connectivity index (χ0) is 22.4. The highest BCUT2D eigenvalue weighted by atomic mass is 16.6. The van der Waals surface area contributed by atoms with E-state index >= 15 is 0 Å². The van der Waals surface area contributed by atoms with E-state index < -0.39 is 17.6 Å². The van der Waals surface area contributed by atoms with Crippen LogP contribution in [-0.4, -0.2) is 35.0 Å². The molecule has 1 fully saturated rings. The first-order valence-electron chi connectivity index (χ1n) is 11.2. The number of ketones is 1.